The van der Waals surface area contributed by atoms with Crippen molar-refractivity contribution >= 4 is 34.8 Å². The number of benzene rings is 2. The van der Waals surface area contributed by atoms with Gasteiger partial charge in [-0.3, -0.25) is 9.59 Å². The molecule has 150 valence electrons. The molecule has 0 aromatic heterocycles. The Kier molecular flexibility index (Phi) is 7.70. The average Bonchev–Trinajstić information content (AvgIpc) is 2.70. The van der Waals surface area contributed by atoms with Crippen molar-refractivity contribution in [2.24, 2.45) is 0 Å². The van der Waals surface area contributed by atoms with Crippen molar-refractivity contribution in [3.05, 3.63) is 52.5 Å². The molecule has 0 saturated carbocycles. The average molecular weight is 404 g/mol. The lowest BCUT2D eigenvalue weighted by Crippen LogP contribution is -2.30. The minimum atomic E-state index is -0.211. The van der Waals surface area contributed by atoms with Crippen molar-refractivity contribution in [2.75, 3.05) is 37.4 Å². The number of halogens is 1. The number of aryl methyl sites for hydroxylation is 1. The van der Waals surface area contributed by atoms with E-state index < -0.39 is 0 Å². The fourth-order valence-corrected chi connectivity index (χ4v) is 2.89. The first-order valence-corrected chi connectivity index (χ1v) is 9.54. The number of nitrogens with one attached hydrogen (secondary N) is 2. The number of methoxy groups -OCH3 is 1. The fourth-order valence-electron chi connectivity index (χ4n) is 2.74. The molecule has 0 radical (unpaired) electrons. The van der Waals surface area contributed by atoms with Crippen LogP contribution in [0.15, 0.2) is 36.4 Å². The minimum absolute atomic E-state index is 0.0188. The van der Waals surface area contributed by atoms with Crippen LogP contribution < -0.4 is 15.4 Å². The highest BCUT2D eigenvalue weighted by Crippen LogP contribution is 2.30. The number of carbonyl (C=O) groups is 2. The number of nitrogens with zero attached hydrogens (tertiary/aromatic N) is 1. The number of anilines is 2. The summed E-state index contributed by atoms with van der Waals surface area (Å²) in [5.74, 6) is 0.342. The van der Waals surface area contributed by atoms with E-state index in [9.17, 15) is 9.59 Å². The SMILES string of the molecule is CCN(CC)C(=O)c1ccc(NC(=O)CNc2cc(C)c(Cl)cc2OC)cc1. The molecule has 0 aliphatic heterocycles. The first-order chi connectivity index (χ1) is 13.4. The van der Waals surface area contributed by atoms with Crippen LogP contribution >= 0.6 is 11.6 Å². The van der Waals surface area contributed by atoms with Crippen LogP contribution in [0, 0.1) is 6.92 Å². The predicted octanol–water partition coefficient (Wildman–Crippen LogP) is 4.19. The molecule has 2 rings (SSSR count). The van der Waals surface area contributed by atoms with Crippen LogP contribution in [0.3, 0.4) is 0 Å². The third-order valence-electron chi connectivity index (χ3n) is 4.39. The van der Waals surface area contributed by atoms with E-state index in [1.54, 1.807) is 42.3 Å². The van der Waals surface area contributed by atoms with Gasteiger partial charge in [-0.25, -0.2) is 0 Å². The first-order valence-electron chi connectivity index (χ1n) is 9.16. The predicted molar refractivity (Wildman–Crippen MR) is 114 cm³/mol. The van der Waals surface area contributed by atoms with Gasteiger partial charge < -0.3 is 20.3 Å². The van der Waals surface area contributed by atoms with E-state index in [0.717, 1.165) is 5.56 Å². The topological polar surface area (TPSA) is 70.7 Å². The zero-order chi connectivity index (χ0) is 20.7. The van der Waals surface area contributed by atoms with E-state index in [1.807, 2.05) is 26.8 Å². The van der Waals surface area contributed by atoms with Crippen molar-refractivity contribution in [1.82, 2.24) is 4.90 Å². The Hall–Kier alpha value is -2.73. The maximum absolute atomic E-state index is 12.3. The standard InChI is InChI=1S/C21H26ClN3O3/c1-5-25(6-2)21(27)15-7-9-16(10-8-15)24-20(26)13-23-18-11-14(3)17(22)12-19(18)28-4/h7-12,23H,5-6,13H2,1-4H3,(H,24,26). The van der Waals surface area contributed by atoms with Crippen molar-refractivity contribution in [3.8, 4) is 5.75 Å². The van der Waals surface area contributed by atoms with E-state index in [-0.39, 0.29) is 18.4 Å². The molecule has 0 atom stereocenters. The van der Waals surface area contributed by atoms with E-state index >= 15 is 0 Å². The van der Waals surface area contributed by atoms with Crippen molar-refractivity contribution in [3.63, 3.8) is 0 Å². The molecule has 2 aromatic carbocycles. The van der Waals surface area contributed by atoms with Crippen LogP contribution in [-0.4, -0.2) is 43.5 Å². The van der Waals surface area contributed by atoms with Crippen LogP contribution in [0.25, 0.3) is 0 Å². The zero-order valence-corrected chi connectivity index (χ0v) is 17.4. The van der Waals surface area contributed by atoms with Gasteiger partial charge in [-0.05, 0) is 56.7 Å². The highest BCUT2D eigenvalue weighted by Gasteiger charge is 2.13. The molecule has 0 bridgehead atoms. The molecule has 0 heterocycles. The smallest absolute Gasteiger partial charge is 0.253 e. The van der Waals surface area contributed by atoms with Crippen LogP contribution in [0.4, 0.5) is 11.4 Å². The first kappa shape index (κ1) is 21.6. The summed E-state index contributed by atoms with van der Waals surface area (Å²) in [6, 6.07) is 10.4. The third kappa shape index (κ3) is 5.39. The Labute approximate surface area is 170 Å². The maximum atomic E-state index is 12.3. The molecular formula is C21H26ClN3O3. The molecule has 7 heteroatoms. The van der Waals surface area contributed by atoms with E-state index in [1.165, 1.54) is 0 Å². The number of hydrogen-bond donors (Lipinski definition) is 2. The molecule has 0 aliphatic carbocycles. The Morgan fingerprint density at radius 1 is 1.11 bits per heavy atom. The molecule has 2 N–H and O–H groups in total. The minimum Gasteiger partial charge on any atom is -0.495 e. The maximum Gasteiger partial charge on any atom is 0.253 e. The Morgan fingerprint density at radius 3 is 2.32 bits per heavy atom. The highest BCUT2D eigenvalue weighted by atomic mass is 35.5. The lowest BCUT2D eigenvalue weighted by Gasteiger charge is -2.18. The van der Waals surface area contributed by atoms with Crippen molar-refractivity contribution < 1.29 is 14.3 Å². The number of rotatable bonds is 8. The van der Waals surface area contributed by atoms with Crippen molar-refractivity contribution in [1.29, 1.82) is 0 Å². The monoisotopic (exact) mass is 403 g/mol. The van der Waals surface area contributed by atoms with Gasteiger partial charge in [0.2, 0.25) is 5.91 Å². The third-order valence-corrected chi connectivity index (χ3v) is 4.79. The molecule has 0 fully saturated rings. The molecule has 28 heavy (non-hydrogen) atoms. The second-order valence-electron chi connectivity index (χ2n) is 6.26. The van der Waals surface area contributed by atoms with Gasteiger partial charge in [0.05, 0.1) is 19.3 Å². The lowest BCUT2D eigenvalue weighted by atomic mass is 10.1. The second-order valence-corrected chi connectivity index (χ2v) is 6.67. The number of hydrogen-bond acceptors (Lipinski definition) is 4. The summed E-state index contributed by atoms with van der Waals surface area (Å²) in [7, 11) is 1.55. The molecule has 0 aliphatic rings. The molecule has 2 amide bonds. The van der Waals surface area contributed by atoms with E-state index in [4.69, 9.17) is 16.3 Å². The second kappa shape index (κ2) is 9.99. The summed E-state index contributed by atoms with van der Waals surface area (Å²) < 4.78 is 5.29. The van der Waals surface area contributed by atoms with Crippen LogP contribution in [0.1, 0.15) is 29.8 Å². The van der Waals surface area contributed by atoms with Gasteiger partial charge in [-0.15, -0.1) is 0 Å². The Morgan fingerprint density at radius 2 is 1.75 bits per heavy atom. The van der Waals surface area contributed by atoms with E-state index in [0.29, 0.717) is 40.8 Å². The van der Waals surface area contributed by atoms with Gasteiger partial charge in [0, 0.05) is 35.4 Å². The Bertz CT molecular complexity index is 834. The van der Waals surface area contributed by atoms with Gasteiger partial charge in [0.1, 0.15) is 5.75 Å². The Balaban J connectivity index is 1.97. The van der Waals surface area contributed by atoms with Gasteiger partial charge in [0.25, 0.3) is 5.91 Å². The largest absolute Gasteiger partial charge is 0.495 e. The highest BCUT2D eigenvalue weighted by molar-refractivity contribution is 6.31. The summed E-state index contributed by atoms with van der Waals surface area (Å²) in [5, 5.41) is 6.46. The molecular weight excluding hydrogens is 378 g/mol. The zero-order valence-electron chi connectivity index (χ0n) is 16.6. The fraction of sp³-hybridized carbons (Fsp3) is 0.333. The lowest BCUT2D eigenvalue weighted by molar-refractivity contribution is -0.114. The van der Waals surface area contributed by atoms with Gasteiger partial charge in [0.15, 0.2) is 0 Å². The molecule has 6 nitrogen and oxygen atoms in total. The van der Waals surface area contributed by atoms with Crippen molar-refractivity contribution in [2.45, 2.75) is 20.8 Å². The molecule has 2 aromatic rings. The number of ether oxygens (including phenoxy) is 1. The summed E-state index contributed by atoms with van der Waals surface area (Å²) in [6.45, 7) is 7.16. The molecule has 0 spiro atoms. The normalized spacial score (nSPS) is 10.3. The van der Waals surface area contributed by atoms with Crippen LogP contribution in [0.2, 0.25) is 5.02 Å². The quantitative estimate of drug-likeness (QED) is 0.693. The van der Waals surface area contributed by atoms with Crippen LogP contribution in [-0.2, 0) is 4.79 Å². The summed E-state index contributed by atoms with van der Waals surface area (Å²) in [5.41, 5.74) is 2.81. The van der Waals surface area contributed by atoms with Gasteiger partial charge in [-0.1, -0.05) is 11.6 Å². The van der Waals surface area contributed by atoms with E-state index in [2.05, 4.69) is 10.6 Å². The van der Waals surface area contributed by atoms with Crippen LogP contribution in [0.5, 0.6) is 5.75 Å². The molecule has 0 unspecified atom stereocenters. The van der Waals surface area contributed by atoms with Gasteiger partial charge in [-0.2, -0.15) is 0 Å². The summed E-state index contributed by atoms with van der Waals surface area (Å²) in [6.07, 6.45) is 0. The molecule has 0 saturated heterocycles. The summed E-state index contributed by atoms with van der Waals surface area (Å²) >= 11 is 6.09. The van der Waals surface area contributed by atoms with Gasteiger partial charge >= 0.3 is 0 Å². The number of amides is 2. The number of carbonyl (C=O) groups excluding carboxylic acids is 2. The summed E-state index contributed by atoms with van der Waals surface area (Å²) in [4.78, 5) is 26.3.